The first-order chi connectivity index (χ1) is 5.95. The number of halogens is 4. The second kappa shape index (κ2) is 3.53. The van der Waals surface area contributed by atoms with E-state index >= 15 is 0 Å². The van der Waals surface area contributed by atoms with Crippen LogP contribution in [-0.4, -0.2) is 11.2 Å². The fraction of sp³-hybridized carbons (Fsp3) is 0.286. The van der Waals surface area contributed by atoms with E-state index < -0.39 is 17.8 Å². The molecule has 72 valence electrons. The van der Waals surface area contributed by atoms with Crippen molar-refractivity contribution in [1.82, 2.24) is 4.98 Å². The van der Waals surface area contributed by atoms with Gasteiger partial charge >= 0.3 is 6.18 Å². The van der Waals surface area contributed by atoms with E-state index in [-0.39, 0.29) is 4.90 Å². The molecule has 6 heteroatoms. The van der Waals surface area contributed by atoms with Crippen molar-refractivity contribution in [3.63, 3.8) is 0 Å². The fourth-order valence-corrected chi connectivity index (χ4v) is 1.15. The summed E-state index contributed by atoms with van der Waals surface area (Å²) in [5.74, 6) is -1.08. The number of hydrogen-bond acceptors (Lipinski definition) is 2. The number of alkyl halides is 3. The van der Waals surface area contributed by atoms with E-state index in [1.54, 1.807) is 6.26 Å². The van der Waals surface area contributed by atoms with Crippen molar-refractivity contribution in [3.8, 4) is 0 Å². The second-order valence-corrected chi connectivity index (χ2v) is 3.04. The molecule has 0 unspecified atom stereocenters. The predicted octanol–water partition coefficient (Wildman–Crippen LogP) is 2.96. The maximum Gasteiger partial charge on any atom is 0.433 e. The van der Waals surface area contributed by atoms with Crippen LogP contribution in [0.1, 0.15) is 5.69 Å². The Labute approximate surface area is 76.2 Å². The largest absolute Gasteiger partial charge is 0.433 e. The van der Waals surface area contributed by atoms with Crippen molar-refractivity contribution in [2.24, 2.45) is 0 Å². The third-order valence-corrected chi connectivity index (χ3v) is 2.07. The van der Waals surface area contributed by atoms with Gasteiger partial charge in [-0.1, -0.05) is 0 Å². The Bertz CT molecular complexity index is 310. The summed E-state index contributed by atoms with van der Waals surface area (Å²) in [6.45, 7) is 0. The molecule has 0 aliphatic carbocycles. The normalized spacial score (nSPS) is 11.8. The number of aromatic nitrogens is 1. The van der Waals surface area contributed by atoms with Crippen LogP contribution in [0.2, 0.25) is 0 Å². The van der Waals surface area contributed by atoms with Gasteiger partial charge in [-0.3, -0.25) is 0 Å². The number of nitrogens with zero attached hydrogens (tertiary/aromatic N) is 1. The minimum atomic E-state index is -4.59. The second-order valence-electron chi connectivity index (χ2n) is 2.19. The molecule has 0 saturated carbocycles. The monoisotopic (exact) mass is 211 g/mol. The van der Waals surface area contributed by atoms with Crippen LogP contribution in [0.25, 0.3) is 0 Å². The summed E-state index contributed by atoms with van der Waals surface area (Å²) < 4.78 is 48.7. The van der Waals surface area contributed by atoms with E-state index in [1.165, 1.54) is 0 Å². The van der Waals surface area contributed by atoms with Crippen molar-refractivity contribution in [1.29, 1.82) is 0 Å². The van der Waals surface area contributed by atoms with Crippen LogP contribution in [0, 0.1) is 5.95 Å². The van der Waals surface area contributed by atoms with Gasteiger partial charge in [0.15, 0.2) is 0 Å². The lowest BCUT2D eigenvalue weighted by Crippen LogP contribution is -2.09. The molecular weight excluding hydrogens is 206 g/mol. The lowest BCUT2D eigenvalue weighted by atomic mass is 10.3. The van der Waals surface area contributed by atoms with Gasteiger partial charge in [-0.15, -0.1) is 11.8 Å². The van der Waals surface area contributed by atoms with E-state index in [0.717, 1.165) is 23.9 Å². The van der Waals surface area contributed by atoms with Gasteiger partial charge in [0.2, 0.25) is 5.95 Å². The Balaban J connectivity index is 3.10. The van der Waals surface area contributed by atoms with Crippen LogP contribution >= 0.6 is 11.8 Å². The molecule has 1 aromatic heterocycles. The maximum absolute atomic E-state index is 12.7. The highest BCUT2D eigenvalue weighted by Crippen LogP contribution is 2.29. The molecule has 1 nitrogen and oxygen atoms in total. The van der Waals surface area contributed by atoms with E-state index in [2.05, 4.69) is 4.98 Å². The molecule has 0 N–H and O–H groups in total. The van der Waals surface area contributed by atoms with Crippen LogP contribution < -0.4 is 0 Å². The van der Waals surface area contributed by atoms with Crippen molar-refractivity contribution in [3.05, 3.63) is 23.8 Å². The molecule has 0 radical (unpaired) electrons. The zero-order valence-corrected chi connectivity index (χ0v) is 7.34. The van der Waals surface area contributed by atoms with Gasteiger partial charge in [0.05, 0.1) is 4.90 Å². The molecule has 0 aliphatic rings. The average Bonchev–Trinajstić information content (AvgIpc) is 2.02. The Morgan fingerprint density at radius 1 is 1.31 bits per heavy atom. The van der Waals surface area contributed by atoms with Crippen LogP contribution in [-0.2, 0) is 6.18 Å². The topological polar surface area (TPSA) is 12.9 Å². The molecular formula is C7H5F4NS. The molecule has 0 aromatic carbocycles. The zero-order chi connectivity index (χ0) is 10.1. The molecule has 0 amide bonds. The first-order valence-electron chi connectivity index (χ1n) is 3.23. The summed E-state index contributed by atoms with van der Waals surface area (Å²) in [5, 5.41) is 0. The van der Waals surface area contributed by atoms with Gasteiger partial charge in [-0.25, -0.2) is 4.98 Å². The molecule has 0 fully saturated rings. The van der Waals surface area contributed by atoms with Crippen LogP contribution in [0.5, 0.6) is 0 Å². The molecule has 0 saturated heterocycles. The maximum atomic E-state index is 12.7. The van der Waals surface area contributed by atoms with Crippen LogP contribution in [0.15, 0.2) is 17.0 Å². The lowest BCUT2D eigenvalue weighted by molar-refractivity contribution is -0.141. The highest BCUT2D eigenvalue weighted by Gasteiger charge is 2.33. The quantitative estimate of drug-likeness (QED) is 0.402. The average molecular weight is 211 g/mol. The third-order valence-electron chi connectivity index (χ3n) is 1.32. The van der Waals surface area contributed by atoms with Crippen molar-refractivity contribution < 1.29 is 17.6 Å². The molecule has 0 spiro atoms. The first-order valence-corrected chi connectivity index (χ1v) is 4.45. The predicted molar refractivity (Wildman–Crippen MR) is 41.0 cm³/mol. The van der Waals surface area contributed by atoms with E-state index in [0.29, 0.717) is 0 Å². The number of pyridine rings is 1. The van der Waals surface area contributed by atoms with Gasteiger partial charge in [0.25, 0.3) is 0 Å². The molecule has 1 aromatic rings. The summed E-state index contributed by atoms with van der Waals surface area (Å²) in [5.41, 5.74) is -1.21. The molecule has 13 heavy (non-hydrogen) atoms. The highest BCUT2D eigenvalue weighted by atomic mass is 32.2. The van der Waals surface area contributed by atoms with Crippen LogP contribution in [0.4, 0.5) is 17.6 Å². The summed E-state index contributed by atoms with van der Waals surface area (Å²) in [4.78, 5) is 2.91. The molecule has 1 heterocycles. The Morgan fingerprint density at radius 3 is 2.31 bits per heavy atom. The Hall–Kier alpha value is -0.780. The lowest BCUT2D eigenvalue weighted by Gasteiger charge is -2.06. The highest BCUT2D eigenvalue weighted by molar-refractivity contribution is 7.98. The van der Waals surface area contributed by atoms with E-state index in [4.69, 9.17) is 0 Å². The smallest absolute Gasteiger partial charge is 0.214 e. The summed E-state index contributed by atoms with van der Waals surface area (Å²) >= 11 is 1.01. The fourth-order valence-electron chi connectivity index (χ4n) is 0.732. The van der Waals surface area contributed by atoms with E-state index in [1.807, 2.05) is 0 Å². The summed E-state index contributed by atoms with van der Waals surface area (Å²) in [7, 11) is 0. The number of thioether (sulfide) groups is 1. The first kappa shape index (κ1) is 10.3. The van der Waals surface area contributed by atoms with Gasteiger partial charge in [0.1, 0.15) is 5.69 Å². The molecule has 0 atom stereocenters. The summed E-state index contributed by atoms with van der Waals surface area (Å²) in [6.07, 6.45) is -3.02. The van der Waals surface area contributed by atoms with Gasteiger partial charge in [-0.2, -0.15) is 17.6 Å². The summed E-state index contributed by atoms with van der Waals surface area (Å²) in [6, 6.07) is 1.82. The Kier molecular flexibility index (Phi) is 2.80. The Morgan fingerprint density at radius 2 is 1.92 bits per heavy atom. The molecule has 0 aliphatic heterocycles. The zero-order valence-electron chi connectivity index (χ0n) is 6.52. The van der Waals surface area contributed by atoms with Crippen molar-refractivity contribution >= 4 is 11.8 Å². The molecule has 1 rings (SSSR count). The molecule has 0 bridgehead atoms. The van der Waals surface area contributed by atoms with Gasteiger partial charge in [0, 0.05) is 0 Å². The van der Waals surface area contributed by atoms with Gasteiger partial charge in [-0.05, 0) is 18.4 Å². The van der Waals surface area contributed by atoms with Crippen molar-refractivity contribution in [2.75, 3.05) is 6.26 Å². The van der Waals surface area contributed by atoms with Crippen molar-refractivity contribution in [2.45, 2.75) is 11.1 Å². The minimum absolute atomic E-state index is 0.105. The number of rotatable bonds is 1. The van der Waals surface area contributed by atoms with Crippen LogP contribution in [0.3, 0.4) is 0 Å². The SMILES string of the molecule is CSc1ccc(C(F)(F)F)nc1F. The standard InChI is InChI=1S/C7H5F4NS/c1-13-4-2-3-5(7(9,10)11)12-6(4)8/h2-3H,1H3. The van der Waals surface area contributed by atoms with E-state index in [9.17, 15) is 17.6 Å². The number of hydrogen-bond donors (Lipinski definition) is 0. The third kappa shape index (κ3) is 2.33. The van der Waals surface area contributed by atoms with Gasteiger partial charge < -0.3 is 0 Å². The minimum Gasteiger partial charge on any atom is -0.214 e.